The highest BCUT2D eigenvalue weighted by Gasteiger charge is 2.21. The maximum Gasteiger partial charge on any atom is 0.297 e. The number of rotatable bonds is 6. The second kappa shape index (κ2) is 9.85. The molecule has 0 spiro atoms. The van der Waals surface area contributed by atoms with Crippen LogP contribution >= 0.6 is 11.3 Å². The van der Waals surface area contributed by atoms with Gasteiger partial charge < -0.3 is 10.1 Å². The fraction of sp³-hybridized carbons (Fsp3) is 0.240. The van der Waals surface area contributed by atoms with Gasteiger partial charge in [-0.2, -0.15) is 4.80 Å². The second-order valence-corrected chi connectivity index (χ2v) is 8.84. The molecule has 34 heavy (non-hydrogen) atoms. The Balaban J connectivity index is 1.21. The van der Waals surface area contributed by atoms with Crippen LogP contribution in [0.1, 0.15) is 57.6 Å². The third-order valence-electron chi connectivity index (χ3n) is 5.62. The molecule has 5 rings (SSSR count). The van der Waals surface area contributed by atoms with Crippen molar-refractivity contribution in [1.29, 1.82) is 0 Å². The van der Waals surface area contributed by atoms with Crippen LogP contribution in [0.25, 0.3) is 0 Å². The summed E-state index contributed by atoms with van der Waals surface area (Å²) in [4.78, 5) is 18.6. The van der Waals surface area contributed by atoms with Crippen LogP contribution in [-0.2, 0) is 6.54 Å². The van der Waals surface area contributed by atoms with Gasteiger partial charge in [0, 0.05) is 22.5 Å². The number of nitrogens with zero attached hydrogens (tertiary/aromatic N) is 5. The first-order valence-electron chi connectivity index (χ1n) is 11.0. The summed E-state index contributed by atoms with van der Waals surface area (Å²) in [5.41, 5.74) is 3.53. The molecule has 0 saturated heterocycles. The summed E-state index contributed by atoms with van der Waals surface area (Å²) in [6, 6.07) is 14.9. The van der Waals surface area contributed by atoms with E-state index in [-0.39, 0.29) is 5.82 Å². The zero-order chi connectivity index (χ0) is 23.3. The molecule has 0 atom stereocenters. The summed E-state index contributed by atoms with van der Waals surface area (Å²) in [7, 11) is 1.62. The lowest BCUT2D eigenvalue weighted by molar-refractivity contribution is 0.101. The van der Waals surface area contributed by atoms with Crippen LogP contribution in [0.15, 0.2) is 53.9 Å². The minimum absolute atomic E-state index is 0.00342. The fourth-order valence-electron chi connectivity index (χ4n) is 3.52. The van der Waals surface area contributed by atoms with Crippen LogP contribution < -0.4 is 10.1 Å². The van der Waals surface area contributed by atoms with Crippen molar-refractivity contribution in [3.05, 3.63) is 81.6 Å². The largest absolute Gasteiger partial charge is 0.497 e. The molecule has 170 valence electrons. The van der Waals surface area contributed by atoms with Crippen molar-refractivity contribution in [1.82, 2.24) is 25.2 Å². The smallest absolute Gasteiger partial charge is 0.297 e. The van der Waals surface area contributed by atoms with Gasteiger partial charge in [-0.3, -0.25) is 4.79 Å². The first kappa shape index (κ1) is 21.8. The number of ether oxygens (including phenoxy) is 1. The van der Waals surface area contributed by atoms with Gasteiger partial charge in [-0.15, -0.1) is 21.5 Å². The number of methoxy groups -OCH3 is 1. The van der Waals surface area contributed by atoms with Gasteiger partial charge in [0.25, 0.3) is 11.7 Å². The highest BCUT2D eigenvalue weighted by molar-refractivity contribution is 7.10. The molecule has 1 N–H and O–H groups in total. The average Bonchev–Trinajstić information content (AvgIpc) is 3.47. The van der Waals surface area contributed by atoms with Crippen LogP contribution in [0.2, 0.25) is 0 Å². The van der Waals surface area contributed by atoms with Gasteiger partial charge in [0.15, 0.2) is 5.01 Å². The van der Waals surface area contributed by atoms with Crippen molar-refractivity contribution >= 4 is 22.9 Å². The van der Waals surface area contributed by atoms with Crippen LogP contribution in [0.5, 0.6) is 5.75 Å². The Bertz CT molecular complexity index is 1360. The number of tetrazole rings is 1. The molecule has 4 aromatic rings. The van der Waals surface area contributed by atoms with Gasteiger partial charge in [0.2, 0.25) is 0 Å². The van der Waals surface area contributed by atoms with E-state index in [1.54, 1.807) is 24.5 Å². The molecule has 0 bridgehead atoms. The summed E-state index contributed by atoms with van der Waals surface area (Å²) < 4.78 is 5.16. The Kier molecular flexibility index (Phi) is 6.31. The Labute approximate surface area is 201 Å². The van der Waals surface area contributed by atoms with Crippen molar-refractivity contribution in [2.24, 2.45) is 0 Å². The lowest BCUT2D eigenvalue weighted by atomic mass is 9.83. The average molecular weight is 471 g/mol. The zero-order valence-electron chi connectivity index (χ0n) is 18.6. The first-order chi connectivity index (χ1) is 16.7. The number of hydrogen-bond donors (Lipinski definition) is 1. The molecule has 2 heterocycles. The SMILES string of the molecule is COc1ccc(Cn2nnc(C(=O)Nc3cccc(C#Cc4nc(C5CCC5)cs4)c3)n2)cc1. The minimum atomic E-state index is -0.434. The molecule has 8 nitrogen and oxygen atoms in total. The molecule has 9 heteroatoms. The maximum atomic E-state index is 12.6. The lowest BCUT2D eigenvalue weighted by Crippen LogP contribution is -2.14. The van der Waals surface area contributed by atoms with Crippen LogP contribution in [-0.4, -0.2) is 38.2 Å². The number of carbonyl (C=O) groups is 1. The van der Waals surface area contributed by atoms with E-state index in [1.807, 2.05) is 42.5 Å². The number of carbonyl (C=O) groups excluding carboxylic acids is 1. The van der Waals surface area contributed by atoms with E-state index in [2.05, 4.69) is 42.9 Å². The van der Waals surface area contributed by atoms with Gasteiger partial charge in [-0.25, -0.2) is 4.98 Å². The second-order valence-electron chi connectivity index (χ2n) is 7.98. The summed E-state index contributed by atoms with van der Waals surface area (Å²) in [6.45, 7) is 0.397. The van der Waals surface area contributed by atoms with Crippen molar-refractivity contribution in [3.63, 3.8) is 0 Å². The third-order valence-corrected chi connectivity index (χ3v) is 6.39. The van der Waals surface area contributed by atoms with Gasteiger partial charge in [0.1, 0.15) is 5.75 Å². The third kappa shape index (κ3) is 5.13. The van der Waals surface area contributed by atoms with E-state index < -0.39 is 5.91 Å². The molecule has 0 radical (unpaired) electrons. The van der Waals surface area contributed by atoms with E-state index in [4.69, 9.17) is 4.74 Å². The van der Waals surface area contributed by atoms with Crippen LogP contribution in [0.3, 0.4) is 0 Å². The number of thiazole rings is 1. The van der Waals surface area contributed by atoms with Gasteiger partial charge in [-0.05, 0) is 59.9 Å². The monoisotopic (exact) mass is 470 g/mol. The molecular formula is C25H22N6O2S. The molecule has 1 fully saturated rings. The summed E-state index contributed by atoms with van der Waals surface area (Å²) in [6.07, 6.45) is 3.74. The summed E-state index contributed by atoms with van der Waals surface area (Å²) in [5.74, 6) is 7.20. The van der Waals surface area contributed by atoms with Crippen LogP contribution in [0, 0.1) is 11.8 Å². The van der Waals surface area contributed by atoms with E-state index in [0.717, 1.165) is 27.6 Å². The highest BCUT2D eigenvalue weighted by Crippen LogP contribution is 2.36. The van der Waals surface area contributed by atoms with E-state index in [1.165, 1.54) is 24.1 Å². The zero-order valence-corrected chi connectivity index (χ0v) is 19.4. The Morgan fingerprint density at radius 1 is 1.21 bits per heavy atom. The highest BCUT2D eigenvalue weighted by atomic mass is 32.1. The number of hydrogen-bond acceptors (Lipinski definition) is 7. The molecule has 2 aromatic heterocycles. The first-order valence-corrected chi connectivity index (χ1v) is 11.8. The number of amides is 1. The molecule has 1 aliphatic rings. The lowest BCUT2D eigenvalue weighted by Gasteiger charge is -2.22. The minimum Gasteiger partial charge on any atom is -0.497 e. The normalized spacial score (nSPS) is 13.0. The number of benzene rings is 2. The predicted octanol–water partition coefficient (Wildman–Crippen LogP) is 4.11. The molecule has 1 aliphatic carbocycles. The van der Waals surface area contributed by atoms with Crippen molar-refractivity contribution in [2.45, 2.75) is 31.7 Å². The van der Waals surface area contributed by atoms with Gasteiger partial charge in [-0.1, -0.05) is 30.5 Å². The van der Waals surface area contributed by atoms with Gasteiger partial charge in [0.05, 0.1) is 19.3 Å². The predicted molar refractivity (Wildman–Crippen MR) is 129 cm³/mol. The fourth-order valence-corrected chi connectivity index (χ4v) is 4.26. The molecule has 1 saturated carbocycles. The molecular weight excluding hydrogens is 448 g/mol. The Morgan fingerprint density at radius 3 is 2.82 bits per heavy atom. The number of anilines is 1. The summed E-state index contributed by atoms with van der Waals surface area (Å²) >= 11 is 1.58. The van der Waals surface area contributed by atoms with E-state index >= 15 is 0 Å². The molecule has 2 aromatic carbocycles. The van der Waals surface area contributed by atoms with Crippen molar-refractivity contribution < 1.29 is 9.53 Å². The molecule has 0 aliphatic heterocycles. The van der Waals surface area contributed by atoms with Crippen molar-refractivity contribution in [2.75, 3.05) is 12.4 Å². The number of nitrogens with one attached hydrogen (secondary N) is 1. The van der Waals surface area contributed by atoms with E-state index in [9.17, 15) is 4.79 Å². The Hall–Kier alpha value is -4.03. The van der Waals surface area contributed by atoms with Crippen LogP contribution in [0.4, 0.5) is 5.69 Å². The topological polar surface area (TPSA) is 94.8 Å². The van der Waals surface area contributed by atoms with E-state index in [0.29, 0.717) is 18.2 Å². The van der Waals surface area contributed by atoms with Crippen molar-refractivity contribution in [3.8, 4) is 17.6 Å². The van der Waals surface area contributed by atoms with Gasteiger partial charge >= 0.3 is 0 Å². The quantitative estimate of drug-likeness (QED) is 0.426. The maximum absolute atomic E-state index is 12.6. The molecule has 1 amide bonds. The number of aromatic nitrogens is 5. The molecule has 0 unspecified atom stereocenters. The Morgan fingerprint density at radius 2 is 2.06 bits per heavy atom. The standard InChI is InChI=1S/C25H22N6O2S/c1-33-21-11-8-18(9-12-21)15-31-29-24(28-30-31)25(32)26-20-7-2-4-17(14-20)10-13-23-27-22(16-34-23)19-5-3-6-19/h2,4,7-9,11-12,14,16,19H,3,5-6,15H2,1H3,(H,26,32). The summed E-state index contributed by atoms with van der Waals surface area (Å²) in [5, 5.41) is 17.8.